The first-order chi connectivity index (χ1) is 13.4. The van der Waals surface area contributed by atoms with E-state index >= 15 is 0 Å². The molecule has 8 heteroatoms. The number of hydrogen-bond acceptors (Lipinski definition) is 5. The van der Waals surface area contributed by atoms with Crippen LogP contribution in [0.5, 0.6) is 0 Å². The molecule has 0 saturated carbocycles. The summed E-state index contributed by atoms with van der Waals surface area (Å²) in [5, 5.41) is 10.0. The number of carbonyl (C=O) groups excluding carboxylic acids is 1. The maximum Gasteiger partial charge on any atom is 0.335 e. The van der Waals surface area contributed by atoms with Crippen LogP contribution in [0, 0.1) is 0 Å². The van der Waals surface area contributed by atoms with Gasteiger partial charge in [-0.05, 0) is 36.8 Å². The Morgan fingerprint density at radius 3 is 2.71 bits per heavy atom. The van der Waals surface area contributed by atoms with Gasteiger partial charge in [0.05, 0.1) is 11.5 Å². The number of fused-ring (bicyclic) bond motifs is 1. The Balaban J connectivity index is 2.14. The van der Waals surface area contributed by atoms with Crippen molar-refractivity contribution in [1.29, 1.82) is 0 Å². The van der Waals surface area contributed by atoms with Gasteiger partial charge in [0.25, 0.3) is 0 Å². The van der Waals surface area contributed by atoms with E-state index in [0.29, 0.717) is 22.6 Å². The Labute approximate surface area is 167 Å². The van der Waals surface area contributed by atoms with E-state index in [9.17, 15) is 14.7 Å². The molecule has 7 nitrogen and oxygen atoms in total. The molecule has 146 valence electrons. The van der Waals surface area contributed by atoms with E-state index in [1.54, 1.807) is 35.9 Å². The predicted octanol–water partition coefficient (Wildman–Crippen LogP) is 3.27. The third-order valence-corrected chi connectivity index (χ3v) is 4.84. The zero-order chi connectivity index (χ0) is 20.4. The lowest BCUT2D eigenvalue weighted by Crippen LogP contribution is -2.23. The highest BCUT2D eigenvalue weighted by Crippen LogP contribution is 2.34. The summed E-state index contributed by atoms with van der Waals surface area (Å²) in [7, 11) is 1.80. The molecule has 0 fully saturated rings. The summed E-state index contributed by atoms with van der Waals surface area (Å²) in [4.78, 5) is 23.9. The lowest BCUT2D eigenvalue weighted by atomic mass is 9.90. The number of thiol groups is 1. The van der Waals surface area contributed by atoms with E-state index in [4.69, 9.17) is 9.47 Å². The number of allylic oxidation sites excluding steroid dienone is 2. The number of carboxylic acids is 1. The molecule has 2 N–H and O–H groups in total. The number of rotatable bonds is 6. The highest BCUT2D eigenvalue weighted by molar-refractivity contribution is 7.78. The molecule has 2 heterocycles. The molecule has 0 spiro atoms. The van der Waals surface area contributed by atoms with Crippen LogP contribution >= 0.6 is 12.8 Å². The minimum Gasteiger partial charge on any atom is -0.478 e. The largest absolute Gasteiger partial charge is 0.478 e. The molecule has 1 aliphatic heterocycles. The van der Waals surface area contributed by atoms with Crippen LogP contribution in [0.2, 0.25) is 0 Å². The van der Waals surface area contributed by atoms with E-state index in [1.165, 1.54) is 6.07 Å². The van der Waals surface area contributed by atoms with Crippen molar-refractivity contribution >= 4 is 35.6 Å². The van der Waals surface area contributed by atoms with Crippen LogP contribution in [0.15, 0.2) is 60.2 Å². The topological polar surface area (TPSA) is 89.8 Å². The first kappa shape index (κ1) is 19.6. The van der Waals surface area contributed by atoms with E-state index < -0.39 is 11.9 Å². The fraction of sp³-hybridized carbons (Fsp3) is 0.200. The van der Waals surface area contributed by atoms with Gasteiger partial charge in [-0.25, -0.2) is 4.79 Å². The molecule has 0 aliphatic carbocycles. The summed E-state index contributed by atoms with van der Waals surface area (Å²) >= 11 is 3.93. The van der Waals surface area contributed by atoms with Crippen LogP contribution in [0.25, 0.3) is 10.9 Å². The monoisotopic (exact) mass is 400 g/mol. The molecule has 0 bridgehead atoms. The Morgan fingerprint density at radius 1 is 1.36 bits per heavy atom. The van der Waals surface area contributed by atoms with Gasteiger partial charge in [-0.1, -0.05) is 31.0 Å². The van der Waals surface area contributed by atoms with Crippen LogP contribution < -0.4 is 4.72 Å². The molecule has 2 aromatic rings. The van der Waals surface area contributed by atoms with Gasteiger partial charge in [-0.15, -0.1) is 0 Å². The summed E-state index contributed by atoms with van der Waals surface area (Å²) in [5.74, 6) is -0.967. The second-order valence-corrected chi connectivity index (χ2v) is 6.59. The lowest BCUT2D eigenvalue weighted by Gasteiger charge is -2.16. The minimum atomic E-state index is -1.01. The van der Waals surface area contributed by atoms with Crippen molar-refractivity contribution in [3.63, 3.8) is 0 Å². The van der Waals surface area contributed by atoms with Crippen LogP contribution in [0.3, 0.4) is 0 Å². The van der Waals surface area contributed by atoms with Gasteiger partial charge in [-0.3, -0.25) is 4.79 Å². The second kappa shape index (κ2) is 7.85. The highest BCUT2D eigenvalue weighted by atomic mass is 32.1. The van der Waals surface area contributed by atoms with Gasteiger partial charge in [0.2, 0.25) is 12.7 Å². The third kappa shape index (κ3) is 3.50. The van der Waals surface area contributed by atoms with Crippen molar-refractivity contribution in [2.24, 2.45) is 7.05 Å². The Morgan fingerprint density at radius 2 is 2.07 bits per heavy atom. The average molecular weight is 400 g/mol. The molecule has 1 aromatic heterocycles. The molecule has 0 saturated heterocycles. The van der Waals surface area contributed by atoms with E-state index in [-0.39, 0.29) is 18.3 Å². The number of aromatic carboxylic acids is 1. The van der Waals surface area contributed by atoms with E-state index in [0.717, 1.165) is 10.9 Å². The number of carbonyl (C=O) groups is 2. The number of nitrogens with one attached hydrogen (secondary N) is 1. The van der Waals surface area contributed by atoms with Gasteiger partial charge in [0.15, 0.2) is 11.5 Å². The predicted molar refractivity (Wildman–Crippen MR) is 108 cm³/mol. The number of aryl methyl sites for hydroxylation is 1. The van der Waals surface area contributed by atoms with Crippen LogP contribution in [-0.4, -0.2) is 28.3 Å². The standard InChI is InChI=1S/C20H20N2O5S/c1-4-16-17(27-10-26-16)7-11(2)18(19(23)21-28)14-9-22(3)15-8-12(20(24)25)5-6-13(14)15/h4-9,18,28H,1,10H2,2-3H3,(H,21,23)(H,24,25)/b11-7+. The summed E-state index contributed by atoms with van der Waals surface area (Å²) < 4.78 is 15.0. The number of benzene rings is 1. The molecule has 1 aliphatic rings. The molecule has 28 heavy (non-hydrogen) atoms. The zero-order valence-electron chi connectivity index (χ0n) is 15.4. The van der Waals surface area contributed by atoms with E-state index in [1.807, 2.05) is 13.1 Å². The van der Waals surface area contributed by atoms with Crippen LogP contribution in [0.1, 0.15) is 28.8 Å². The maximum atomic E-state index is 12.7. The summed E-state index contributed by atoms with van der Waals surface area (Å²) in [6.45, 7) is 5.59. The molecule has 1 unspecified atom stereocenters. The van der Waals surface area contributed by atoms with E-state index in [2.05, 4.69) is 24.1 Å². The molecular formula is C20H20N2O5S. The second-order valence-electron chi connectivity index (χ2n) is 6.37. The highest BCUT2D eigenvalue weighted by Gasteiger charge is 2.27. The number of carboxylic acid groups (broad SMARTS) is 1. The summed E-state index contributed by atoms with van der Waals surface area (Å²) in [6.07, 6.45) is 5.10. The molecule has 0 radical (unpaired) electrons. The van der Waals surface area contributed by atoms with Gasteiger partial charge in [0, 0.05) is 24.1 Å². The first-order valence-electron chi connectivity index (χ1n) is 8.44. The third-order valence-electron chi connectivity index (χ3n) is 4.62. The SMILES string of the molecule is C=CC1=C(/C=C(\C)C(C(=O)NS)c2cn(C)c3cc(C(=O)O)ccc23)OCO1. The molecule has 3 rings (SSSR count). The van der Waals surface area contributed by atoms with Crippen molar-refractivity contribution in [2.75, 3.05) is 6.79 Å². The maximum absolute atomic E-state index is 12.7. The fourth-order valence-corrected chi connectivity index (χ4v) is 3.43. The van der Waals surface area contributed by atoms with Crippen molar-refractivity contribution < 1.29 is 24.2 Å². The lowest BCUT2D eigenvalue weighted by molar-refractivity contribution is -0.119. The quantitative estimate of drug-likeness (QED) is 0.648. The fourth-order valence-electron chi connectivity index (χ4n) is 3.30. The Bertz CT molecular complexity index is 1030. The zero-order valence-corrected chi connectivity index (χ0v) is 16.3. The number of amides is 1. The average Bonchev–Trinajstić information content (AvgIpc) is 3.25. The number of ether oxygens (including phenoxy) is 2. The molecule has 1 atom stereocenters. The first-order valence-corrected chi connectivity index (χ1v) is 8.88. The van der Waals surface area contributed by atoms with Gasteiger partial charge < -0.3 is 23.9 Å². The Kier molecular flexibility index (Phi) is 5.51. The van der Waals surface area contributed by atoms with Gasteiger partial charge in [-0.2, -0.15) is 0 Å². The minimum absolute atomic E-state index is 0.0934. The van der Waals surface area contributed by atoms with Crippen molar-refractivity contribution in [3.05, 3.63) is 71.3 Å². The number of hydrogen-bond donors (Lipinski definition) is 3. The van der Waals surface area contributed by atoms with Crippen molar-refractivity contribution in [2.45, 2.75) is 12.8 Å². The van der Waals surface area contributed by atoms with Crippen LogP contribution in [0.4, 0.5) is 0 Å². The van der Waals surface area contributed by atoms with Crippen LogP contribution in [-0.2, 0) is 21.3 Å². The Hall–Kier alpha value is -3.13. The van der Waals surface area contributed by atoms with Crippen molar-refractivity contribution in [1.82, 2.24) is 9.29 Å². The summed E-state index contributed by atoms with van der Waals surface area (Å²) in [6, 6.07) is 4.82. The number of nitrogens with zero attached hydrogens (tertiary/aromatic N) is 1. The van der Waals surface area contributed by atoms with Crippen molar-refractivity contribution in [3.8, 4) is 0 Å². The number of aromatic nitrogens is 1. The normalized spacial score (nSPS) is 15.2. The van der Waals surface area contributed by atoms with Gasteiger partial charge in [0.1, 0.15) is 0 Å². The van der Waals surface area contributed by atoms with Gasteiger partial charge >= 0.3 is 5.97 Å². The summed E-state index contributed by atoms with van der Waals surface area (Å²) in [5.41, 5.74) is 2.33. The molecule has 1 aromatic carbocycles. The molecular weight excluding hydrogens is 380 g/mol. The smallest absolute Gasteiger partial charge is 0.335 e. The molecule has 1 amide bonds.